The summed E-state index contributed by atoms with van der Waals surface area (Å²) in [5.41, 5.74) is 1.90. The molecule has 0 aliphatic carbocycles. The van der Waals surface area contributed by atoms with E-state index in [9.17, 15) is 4.79 Å². The quantitative estimate of drug-likeness (QED) is 0.462. The van der Waals surface area contributed by atoms with Crippen LogP contribution in [0, 0.1) is 0 Å². The second-order valence-corrected chi connectivity index (χ2v) is 7.57. The molecule has 0 saturated heterocycles. The summed E-state index contributed by atoms with van der Waals surface area (Å²) in [4.78, 5) is 13.2. The summed E-state index contributed by atoms with van der Waals surface area (Å²) in [5, 5.41) is 6.52. The number of hydrogen-bond acceptors (Lipinski definition) is 3. The maximum absolute atomic E-state index is 13.2. The molecule has 0 aliphatic rings. The SMILES string of the molecule is CC(C)(C)Nc1c(C(=O)c2ccc3ccccc3c2)oc2ccccc12. The van der Waals surface area contributed by atoms with Crippen LogP contribution in [0.15, 0.2) is 71.1 Å². The lowest BCUT2D eigenvalue weighted by Crippen LogP contribution is -2.27. The number of benzene rings is 3. The van der Waals surface area contributed by atoms with E-state index in [1.54, 1.807) is 0 Å². The predicted molar refractivity (Wildman–Crippen MR) is 107 cm³/mol. The van der Waals surface area contributed by atoms with Crippen LogP contribution in [0.5, 0.6) is 0 Å². The summed E-state index contributed by atoms with van der Waals surface area (Å²) in [6.07, 6.45) is 0. The molecule has 3 heteroatoms. The Balaban J connectivity index is 1.86. The Bertz CT molecular complexity index is 1120. The van der Waals surface area contributed by atoms with E-state index in [4.69, 9.17) is 4.42 Å². The molecule has 0 bridgehead atoms. The van der Waals surface area contributed by atoms with E-state index >= 15 is 0 Å². The van der Waals surface area contributed by atoms with Gasteiger partial charge in [0.1, 0.15) is 5.58 Å². The van der Waals surface area contributed by atoms with E-state index in [0.717, 1.165) is 21.8 Å². The minimum atomic E-state index is -0.189. The Morgan fingerprint density at radius 2 is 1.58 bits per heavy atom. The van der Waals surface area contributed by atoms with Gasteiger partial charge in [-0.15, -0.1) is 0 Å². The topological polar surface area (TPSA) is 42.2 Å². The number of fused-ring (bicyclic) bond motifs is 2. The van der Waals surface area contributed by atoms with Crippen molar-refractivity contribution < 1.29 is 9.21 Å². The number of rotatable bonds is 3. The lowest BCUT2D eigenvalue weighted by Gasteiger charge is -2.22. The van der Waals surface area contributed by atoms with Crippen LogP contribution in [0.25, 0.3) is 21.7 Å². The van der Waals surface area contributed by atoms with Crippen LogP contribution in [0.3, 0.4) is 0 Å². The average molecular weight is 343 g/mol. The van der Waals surface area contributed by atoms with Crippen molar-refractivity contribution in [2.24, 2.45) is 0 Å². The van der Waals surface area contributed by atoms with Gasteiger partial charge in [0.05, 0.1) is 5.69 Å². The van der Waals surface area contributed by atoms with Gasteiger partial charge >= 0.3 is 0 Å². The molecule has 4 rings (SSSR count). The second kappa shape index (κ2) is 6.03. The van der Waals surface area contributed by atoms with Crippen molar-refractivity contribution in [1.29, 1.82) is 0 Å². The zero-order valence-electron chi connectivity index (χ0n) is 15.2. The summed E-state index contributed by atoms with van der Waals surface area (Å²) in [5.74, 6) is 0.245. The Kier molecular flexibility index (Phi) is 3.80. The zero-order chi connectivity index (χ0) is 18.3. The summed E-state index contributed by atoms with van der Waals surface area (Å²) in [6.45, 7) is 6.21. The fourth-order valence-corrected chi connectivity index (χ4v) is 3.17. The molecule has 1 N–H and O–H groups in total. The van der Waals surface area contributed by atoms with Gasteiger partial charge in [-0.05, 0) is 49.7 Å². The summed E-state index contributed by atoms with van der Waals surface area (Å²) >= 11 is 0. The van der Waals surface area contributed by atoms with E-state index in [2.05, 4.69) is 26.1 Å². The van der Waals surface area contributed by atoms with Crippen LogP contribution in [0.4, 0.5) is 5.69 Å². The van der Waals surface area contributed by atoms with E-state index in [0.29, 0.717) is 16.9 Å². The van der Waals surface area contributed by atoms with Crippen molar-refractivity contribution >= 4 is 33.2 Å². The lowest BCUT2D eigenvalue weighted by molar-refractivity contribution is 0.101. The van der Waals surface area contributed by atoms with Crippen molar-refractivity contribution in [2.75, 3.05) is 5.32 Å². The number of nitrogens with one attached hydrogen (secondary N) is 1. The number of hydrogen-bond donors (Lipinski definition) is 1. The van der Waals surface area contributed by atoms with Gasteiger partial charge in [-0.1, -0.05) is 48.5 Å². The summed E-state index contributed by atoms with van der Waals surface area (Å²) < 4.78 is 5.96. The van der Waals surface area contributed by atoms with Gasteiger partial charge in [0.15, 0.2) is 5.76 Å². The number of para-hydroxylation sites is 1. The van der Waals surface area contributed by atoms with Crippen molar-refractivity contribution in [3.63, 3.8) is 0 Å². The first kappa shape index (κ1) is 16.4. The molecule has 0 spiro atoms. The molecule has 1 aromatic heterocycles. The number of carbonyl (C=O) groups excluding carboxylic acids is 1. The van der Waals surface area contributed by atoms with Gasteiger partial charge in [-0.3, -0.25) is 4.79 Å². The van der Waals surface area contributed by atoms with Crippen LogP contribution in [0.1, 0.15) is 36.9 Å². The van der Waals surface area contributed by atoms with Gasteiger partial charge < -0.3 is 9.73 Å². The zero-order valence-corrected chi connectivity index (χ0v) is 15.2. The molecule has 26 heavy (non-hydrogen) atoms. The second-order valence-electron chi connectivity index (χ2n) is 7.57. The van der Waals surface area contributed by atoms with Gasteiger partial charge in [0, 0.05) is 16.5 Å². The van der Waals surface area contributed by atoms with Crippen LogP contribution < -0.4 is 5.32 Å². The van der Waals surface area contributed by atoms with E-state index in [1.807, 2.05) is 66.7 Å². The number of furan rings is 1. The normalized spacial score (nSPS) is 11.8. The van der Waals surface area contributed by atoms with E-state index < -0.39 is 0 Å². The molecule has 3 nitrogen and oxygen atoms in total. The molecular formula is C23H21NO2. The molecule has 0 aliphatic heterocycles. The first-order valence-corrected chi connectivity index (χ1v) is 8.76. The average Bonchev–Trinajstić information content (AvgIpc) is 2.97. The first-order valence-electron chi connectivity index (χ1n) is 8.76. The van der Waals surface area contributed by atoms with Gasteiger partial charge in [0.25, 0.3) is 0 Å². The van der Waals surface area contributed by atoms with Crippen molar-refractivity contribution in [2.45, 2.75) is 26.3 Å². The molecule has 0 amide bonds. The van der Waals surface area contributed by atoms with Gasteiger partial charge in [0.2, 0.25) is 5.78 Å². The van der Waals surface area contributed by atoms with Crippen molar-refractivity contribution in [3.05, 3.63) is 78.1 Å². The molecule has 4 aromatic rings. The fourth-order valence-electron chi connectivity index (χ4n) is 3.17. The Labute approximate surface area is 152 Å². The Morgan fingerprint density at radius 3 is 2.35 bits per heavy atom. The molecule has 0 unspecified atom stereocenters. The third kappa shape index (κ3) is 2.97. The fraction of sp³-hybridized carbons (Fsp3) is 0.174. The first-order chi connectivity index (χ1) is 12.4. The maximum Gasteiger partial charge on any atom is 0.230 e. The van der Waals surface area contributed by atoms with Crippen LogP contribution in [-0.4, -0.2) is 11.3 Å². The lowest BCUT2D eigenvalue weighted by atomic mass is 10.0. The van der Waals surface area contributed by atoms with Crippen LogP contribution >= 0.6 is 0 Å². The minimum absolute atomic E-state index is 0.112. The highest BCUT2D eigenvalue weighted by Crippen LogP contribution is 2.34. The molecule has 0 saturated carbocycles. The highest BCUT2D eigenvalue weighted by atomic mass is 16.3. The highest BCUT2D eigenvalue weighted by Gasteiger charge is 2.24. The van der Waals surface area contributed by atoms with Crippen LogP contribution in [0.2, 0.25) is 0 Å². The minimum Gasteiger partial charge on any atom is -0.450 e. The molecule has 0 atom stereocenters. The smallest absolute Gasteiger partial charge is 0.230 e. The highest BCUT2D eigenvalue weighted by molar-refractivity contribution is 6.15. The maximum atomic E-state index is 13.2. The van der Waals surface area contributed by atoms with E-state index in [-0.39, 0.29) is 11.3 Å². The monoisotopic (exact) mass is 343 g/mol. The molecule has 1 heterocycles. The standard InChI is InChI=1S/C23H21NO2/c1-23(2,3)24-20-18-10-6-7-11-19(18)26-22(20)21(25)17-13-12-15-8-4-5-9-16(15)14-17/h4-14,24H,1-3H3. The largest absolute Gasteiger partial charge is 0.450 e. The summed E-state index contributed by atoms with van der Waals surface area (Å²) in [7, 11) is 0. The van der Waals surface area contributed by atoms with Gasteiger partial charge in [-0.2, -0.15) is 0 Å². The Hall–Kier alpha value is -3.07. The molecule has 130 valence electrons. The molecule has 0 fully saturated rings. The number of ketones is 1. The molecular weight excluding hydrogens is 322 g/mol. The Morgan fingerprint density at radius 1 is 0.885 bits per heavy atom. The van der Waals surface area contributed by atoms with E-state index in [1.165, 1.54) is 0 Å². The number of carbonyl (C=O) groups is 1. The molecule has 0 radical (unpaired) electrons. The third-order valence-corrected chi connectivity index (χ3v) is 4.31. The van der Waals surface area contributed by atoms with Crippen LogP contribution in [-0.2, 0) is 0 Å². The van der Waals surface area contributed by atoms with Crippen molar-refractivity contribution in [3.8, 4) is 0 Å². The predicted octanol–water partition coefficient (Wildman–Crippen LogP) is 6.03. The summed E-state index contributed by atoms with van der Waals surface area (Å²) in [6, 6.07) is 21.5. The van der Waals surface area contributed by atoms with Gasteiger partial charge in [-0.25, -0.2) is 0 Å². The molecule has 3 aromatic carbocycles. The number of anilines is 1. The third-order valence-electron chi connectivity index (χ3n) is 4.31. The van der Waals surface area contributed by atoms with Crippen molar-refractivity contribution in [1.82, 2.24) is 0 Å².